The number of nitrogens with zero attached hydrogens (tertiary/aromatic N) is 1. The molecule has 0 bridgehead atoms. The van der Waals surface area contributed by atoms with Gasteiger partial charge in [-0.3, -0.25) is 24.0 Å². The third kappa shape index (κ3) is 34.3. The highest BCUT2D eigenvalue weighted by molar-refractivity contribution is 6.14. The van der Waals surface area contributed by atoms with Crippen LogP contribution in [0.3, 0.4) is 0 Å². The summed E-state index contributed by atoms with van der Waals surface area (Å²) in [6.45, 7) is 13.4. The minimum absolute atomic E-state index is 0.0338. The summed E-state index contributed by atoms with van der Waals surface area (Å²) < 4.78 is 28.4. The first-order chi connectivity index (χ1) is 39.2. The highest BCUT2D eigenvalue weighted by Crippen LogP contribution is 2.23. The molecule has 0 aliphatic rings. The molecule has 3 atom stereocenters. The van der Waals surface area contributed by atoms with Gasteiger partial charge in [0.15, 0.2) is 0 Å². The number of carbonyl (C=O) groups is 7. The number of rotatable bonds is 44. The number of carbonyl (C=O) groups excluding carboxylic acids is 7. The summed E-state index contributed by atoms with van der Waals surface area (Å²) in [5, 5.41) is 12.5. The Kier molecular flexibility index (Phi) is 37.7. The Labute approximate surface area is 492 Å². The van der Waals surface area contributed by atoms with Crippen LogP contribution in [0.4, 0.5) is 10.5 Å². The topological polar surface area (TPSA) is 227 Å². The molecule has 2 aromatic rings. The molecule has 0 saturated heterocycles. The van der Waals surface area contributed by atoms with Gasteiger partial charge in [0.2, 0.25) is 0 Å². The van der Waals surface area contributed by atoms with Crippen molar-refractivity contribution in [3.05, 3.63) is 65.2 Å². The molecule has 0 aromatic heterocycles. The van der Waals surface area contributed by atoms with Crippen molar-refractivity contribution in [2.45, 2.75) is 290 Å². The van der Waals surface area contributed by atoms with Gasteiger partial charge in [0, 0.05) is 31.2 Å². The molecule has 0 spiro atoms. The Morgan fingerprint density at radius 2 is 1.00 bits per heavy atom. The van der Waals surface area contributed by atoms with Gasteiger partial charge < -0.3 is 39.8 Å². The number of anilines is 1. The Balaban J connectivity index is 2.16. The van der Waals surface area contributed by atoms with E-state index in [9.17, 15) is 38.7 Å². The third-order valence-corrected chi connectivity index (χ3v) is 14.0. The van der Waals surface area contributed by atoms with E-state index in [0.29, 0.717) is 28.9 Å². The van der Waals surface area contributed by atoms with Crippen molar-refractivity contribution in [1.82, 2.24) is 5.32 Å². The summed E-state index contributed by atoms with van der Waals surface area (Å²) in [5.41, 5.74) is 5.50. The quantitative estimate of drug-likeness (QED) is 0.0319. The summed E-state index contributed by atoms with van der Waals surface area (Å²) in [5.74, 6) is -3.75. The number of esters is 4. The van der Waals surface area contributed by atoms with E-state index in [1.165, 1.54) is 140 Å². The van der Waals surface area contributed by atoms with E-state index >= 15 is 0 Å². The molecule has 16 nitrogen and oxygen atoms in total. The maximum atomic E-state index is 14.0. The fraction of sp³-hybridized carbons (Fsp3) is 0.712. The van der Waals surface area contributed by atoms with Crippen molar-refractivity contribution in [3.63, 3.8) is 0 Å². The van der Waals surface area contributed by atoms with Gasteiger partial charge in [0.25, 0.3) is 11.8 Å². The zero-order valence-electron chi connectivity index (χ0n) is 51.8. The molecule has 0 heterocycles. The van der Waals surface area contributed by atoms with Crippen LogP contribution in [-0.4, -0.2) is 89.5 Å². The van der Waals surface area contributed by atoms with Crippen molar-refractivity contribution in [3.8, 4) is 0 Å². The Hall–Kier alpha value is -5.35. The number of imide groups is 1. The van der Waals surface area contributed by atoms with Crippen molar-refractivity contribution >= 4 is 47.5 Å². The van der Waals surface area contributed by atoms with Crippen LogP contribution in [0.5, 0.6) is 0 Å². The third-order valence-electron chi connectivity index (χ3n) is 14.0. The first kappa shape index (κ1) is 72.8. The minimum atomic E-state index is -1.51. The van der Waals surface area contributed by atoms with Crippen LogP contribution in [-0.2, 0) is 60.7 Å². The molecule has 0 radical (unpaired) electrons. The van der Waals surface area contributed by atoms with Crippen LogP contribution >= 0.6 is 0 Å². The molecule has 1 unspecified atom stereocenters. The molecule has 2 rings (SSSR count). The average Bonchev–Trinajstić information content (AvgIpc) is 3.47. The molecule has 0 fully saturated rings. The zero-order valence-corrected chi connectivity index (χ0v) is 51.8. The Morgan fingerprint density at radius 1 is 0.549 bits per heavy atom. The maximum Gasteiger partial charge on any atom is 0.421 e. The lowest BCUT2D eigenvalue weighted by Gasteiger charge is -2.25. The Morgan fingerprint density at radius 3 is 1.46 bits per heavy atom. The highest BCUT2D eigenvalue weighted by atomic mass is 16.6. The number of amides is 3. The first-order valence-electron chi connectivity index (χ1n) is 31.3. The molecular formula is C66H107N3O13. The van der Waals surface area contributed by atoms with Crippen molar-refractivity contribution in [2.75, 3.05) is 18.1 Å². The van der Waals surface area contributed by atoms with Gasteiger partial charge in [0.1, 0.15) is 42.6 Å². The van der Waals surface area contributed by atoms with Crippen LogP contribution in [0.15, 0.2) is 48.5 Å². The van der Waals surface area contributed by atoms with E-state index in [2.05, 4.69) is 19.2 Å². The maximum absolute atomic E-state index is 14.0. The first-order valence-corrected chi connectivity index (χ1v) is 31.3. The van der Waals surface area contributed by atoms with Crippen LogP contribution in [0.25, 0.3) is 0 Å². The van der Waals surface area contributed by atoms with E-state index in [1.54, 1.807) is 65.8 Å². The van der Waals surface area contributed by atoms with Gasteiger partial charge in [0.05, 0.1) is 12.3 Å². The van der Waals surface area contributed by atoms with Crippen molar-refractivity contribution in [1.29, 1.82) is 0 Å². The molecule has 4 N–H and O–H groups in total. The number of hydrogen-bond donors (Lipinski definition) is 3. The molecule has 0 aliphatic heterocycles. The highest BCUT2D eigenvalue weighted by Gasteiger charge is 2.32. The lowest BCUT2D eigenvalue weighted by Crippen LogP contribution is -2.49. The monoisotopic (exact) mass is 1150 g/mol. The van der Waals surface area contributed by atoms with E-state index in [1.807, 2.05) is 0 Å². The molecular weight excluding hydrogens is 1040 g/mol. The fourth-order valence-electron chi connectivity index (χ4n) is 9.41. The minimum Gasteiger partial charge on any atom is -0.462 e. The molecule has 464 valence electrons. The number of hydrogen-bond acceptors (Lipinski definition) is 14. The van der Waals surface area contributed by atoms with Crippen molar-refractivity contribution < 1.29 is 62.4 Å². The molecule has 3 amide bonds. The average molecular weight is 1150 g/mol. The summed E-state index contributed by atoms with van der Waals surface area (Å²) >= 11 is 0. The lowest BCUT2D eigenvalue weighted by molar-refractivity contribution is -0.159. The molecule has 82 heavy (non-hydrogen) atoms. The van der Waals surface area contributed by atoms with Gasteiger partial charge >= 0.3 is 30.0 Å². The van der Waals surface area contributed by atoms with Gasteiger partial charge in [-0.25, -0.2) is 14.5 Å². The number of nitrogens with one attached hydrogen (secondary N) is 1. The molecule has 0 aliphatic carbocycles. The van der Waals surface area contributed by atoms with Crippen LogP contribution in [0.2, 0.25) is 0 Å². The van der Waals surface area contributed by atoms with E-state index < -0.39 is 65.8 Å². The fourth-order valence-corrected chi connectivity index (χ4v) is 9.41. The van der Waals surface area contributed by atoms with E-state index in [0.717, 1.165) is 38.5 Å². The van der Waals surface area contributed by atoms with Gasteiger partial charge in [-0.15, -0.1) is 0 Å². The number of aliphatic hydroxyl groups is 1. The van der Waals surface area contributed by atoms with E-state index in [4.69, 9.17) is 29.4 Å². The lowest BCUT2D eigenvalue weighted by atomic mass is 10.0. The predicted molar refractivity (Wildman–Crippen MR) is 323 cm³/mol. The normalized spacial score (nSPS) is 12.7. The summed E-state index contributed by atoms with van der Waals surface area (Å²) in [4.78, 5) is 94.0. The smallest absolute Gasteiger partial charge is 0.421 e. The second kappa shape index (κ2) is 42.5. The molecule has 2 aromatic carbocycles. The van der Waals surface area contributed by atoms with Gasteiger partial charge in [-0.2, -0.15) is 0 Å². The van der Waals surface area contributed by atoms with Crippen molar-refractivity contribution in [2.24, 2.45) is 5.73 Å². The molecule has 16 heteroatoms. The number of benzene rings is 2. The predicted octanol–water partition coefficient (Wildman–Crippen LogP) is 14.2. The number of ether oxygens (including phenoxy) is 5. The number of aliphatic hydroxyl groups excluding tert-OH is 1. The van der Waals surface area contributed by atoms with Crippen LogP contribution < -0.4 is 16.0 Å². The van der Waals surface area contributed by atoms with Gasteiger partial charge in [-0.1, -0.05) is 192 Å². The zero-order chi connectivity index (χ0) is 60.6. The van der Waals surface area contributed by atoms with E-state index in [-0.39, 0.29) is 68.5 Å². The largest absolute Gasteiger partial charge is 0.462 e. The van der Waals surface area contributed by atoms with Gasteiger partial charge in [-0.05, 0) is 96.2 Å². The standard InChI is InChI=1S/C66H107N3O13/c1-9-11-13-15-17-19-21-23-25-27-29-31-33-39-58(71)78-50-55(80-59(72)40-34-32-30-28-26-24-22-20-18-16-14-12-10-2)47-52-37-35-36-38-53(52)49-79-64(77)69(62(75)56(67)48-70)54-43-41-51(42-44-54)61(74)68-57(63(76)82-66(6,7)8)45-46-60(73)81-65(3,4)5/h35-38,41-44,55-57,70H,9-34,39-40,45-50,67H2,1-8H3,(H,68,74)/t55?,56-,57-/m0/s1. The SMILES string of the molecule is CCCCCCCCCCCCCCCC(=O)OCC(Cc1ccccc1COC(=O)N(C(=O)[C@@H](N)CO)c1ccc(C(=O)N[C@@H](CCC(=O)OC(C)(C)C)C(=O)OC(C)(C)C)cc1)OC(=O)CCCCCCCCCCCCCCC. The summed E-state index contributed by atoms with van der Waals surface area (Å²) in [6.07, 6.45) is 29.2. The van der Waals surface area contributed by atoms with Crippen LogP contribution in [0, 0.1) is 0 Å². The van der Waals surface area contributed by atoms with Crippen LogP contribution in [0.1, 0.15) is 269 Å². The summed E-state index contributed by atoms with van der Waals surface area (Å²) in [7, 11) is 0. The number of nitrogens with two attached hydrogens (primary N) is 1. The summed E-state index contributed by atoms with van der Waals surface area (Å²) in [6, 6.07) is 9.60. The second-order valence-electron chi connectivity index (χ2n) is 24.0. The molecule has 0 saturated carbocycles. The number of unbranched alkanes of at least 4 members (excludes halogenated alkanes) is 24. The Bertz CT molecular complexity index is 2130. The second-order valence-corrected chi connectivity index (χ2v) is 24.0.